The van der Waals surface area contributed by atoms with E-state index < -0.39 is 45.8 Å². The average Bonchev–Trinajstić information content (AvgIpc) is 3.54. The van der Waals surface area contributed by atoms with E-state index in [1.807, 2.05) is 18.2 Å². The molecule has 1 aliphatic rings. The molecule has 3 aromatic carbocycles. The van der Waals surface area contributed by atoms with Gasteiger partial charge in [-0.05, 0) is 85.6 Å². The van der Waals surface area contributed by atoms with E-state index in [0.29, 0.717) is 10.0 Å². The summed E-state index contributed by atoms with van der Waals surface area (Å²) in [5.74, 6) is -7.68. The third kappa shape index (κ3) is 7.87. The summed E-state index contributed by atoms with van der Waals surface area (Å²) in [6.07, 6.45) is 1.80. The fourth-order valence-corrected chi connectivity index (χ4v) is 5.42. The highest BCUT2D eigenvalue weighted by Gasteiger charge is 2.69. The van der Waals surface area contributed by atoms with Gasteiger partial charge in [-0.2, -0.15) is 0 Å². The number of methoxy groups -OCH3 is 2. The number of aliphatic carboxylic acids is 2. The number of aliphatic hydroxyl groups excluding tert-OH is 1. The summed E-state index contributed by atoms with van der Waals surface area (Å²) in [6, 6.07) is 15.0. The first-order chi connectivity index (χ1) is 21.7. The van der Waals surface area contributed by atoms with E-state index in [9.17, 15) is 44.7 Å². The van der Waals surface area contributed by atoms with Crippen LogP contribution >= 0.6 is 35.6 Å². The van der Waals surface area contributed by atoms with Gasteiger partial charge in [0.25, 0.3) is 11.2 Å². The highest BCUT2D eigenvalue weighted by molar-refractivity contribution is 6.42. The largest absolute Gasteiger partial charge is 0.497 e. The van der Waals surface area contributed by atoms with Crippen LogP contribution < -0.4 is 14.8 Å². The molecule has 3 atom stereocenters. The van der Waals surface area contributed by atoms with Crippen LogP contribution in [0.2, 0.25) is 10.0 Å². The van der Waals surface area contributed by atoms with E-state index in [4.69, 9.17) is 32.7 Å². The van der Waals surface area contributed by atoms with Crippen molar-refractivity contribution < 1.29 is 54.2 Å². The monoisotopic (exact) mass is 713 g/mol. The molecule has 1 saturated heterocycles. The highest BCUT2D eigenvalue weighted by atomic mass is 35.5. The maximum absolute atomic E-state index is 12.8. The second-order valence-corrected chi connectivity index (χ2v) is 11.3. The molecular formula is C32H34Cl3NO11. The molecule has 0 spiro atoms. The lowest BCUT2D eigenvalue weighted by atomic mass is 9.73. The minimum Gasteiger partial charge on any atom is -0.497 e. The van der Waals surface area contributed by atoms with Crippen LogP contribution in [0.4, 0.5) is 0 Å². The van der Waals surface area contributed by atoms with E-state index in [0.717, 1.165) is 50.2 Å². The van der Waals surface area contributed by atoms with Gasteiger partial charge in [-0.25, -0.2) is 9.59 Å². The van der Waals surface area contributed by atoms with Gasteiger partial charge in [-0.1, -0.05) is 29.3 Å². The molecule has 6 N–H and O–H groups in total. The standard InChI is InChI=1S/C20H18O10.C12H15Cl2NO.ClH/c1-29-13-7-3-11(4-8-13)15(21)19(27,17(23)24)20(28,18(25)26)16(22)12-5-9-14(30-2)10-6-12;13-10-2-1-9(7-11(10)14)12(4-6-16)3-5-15-8-12;/h3-10,27-28H,1-2H3,(H,23,24)(H,25,26);1-2,7,15-16H,3-6,8H2;1H/t19-,20-;;/m1../s1. The number of carboxylic acid groups (broad SMARTS) is 2. The van der Waals surface area contributed by atoms with Crippen molar-refractivity contribution in [3.63, 3.8) is 0 Å². The van der Waals surface area contributed by atoms with Crippen LogP contribution in [0.1, 0.15) is 39.1 Å². The quantitative estimate of drug-likeness (QED) is 0.118. The Hall–Kier alpha value is -3.75. The van der Waals surface area contributed by atoms with Gasteiger partial charge in [0.05, 0.1) is 24.3 Å². The smallest absolute Gasteiger partial charge is 0.348 e. The molecular weight excluding hydrogens is 681 g/mol. The Balaban J connectivity index is 0.000000380. The molecule has 3 aromatic rings. The van der Waals surface area contributed by atoms with Gasteiger partial charge < -0.3 is 40.3 Å². The van der Waals surface area contributed by atoms with Gasteiger partial charge in [0.2, 0.25) is 11.6 Å². The zero-order valence-electron chi connectivity index (χ0n) is 25.2. The third-order valence-corrected chi connectivity index (χ3v) is 8.61. The van der Waals surface area contributed by atoms with Crippen LogP contribution in [0.3, 0.4) is 0 Å². The zero-order valence-corrected chi connectivity index (χ0v) is 27.6. The van der Waals surface area contributed by atoms with Crippen LogP contribution in [0.5, 0.6) is 11.5 Å². The van der Waals surface area contributed by atoms with E-state index in [1.165, 1.54) is 44.0 Å². The van der Waals surface area contributed by atoms with Crippen molar-refractivity contribution in [1.29, 1.82) is 0 Å². The summed E-state index contributed by atoms with van der Waals surface area (Å²) in [7, 11) is 2.67. The Morgan fingerprint density at radius 3 is 1.55 bits per heavy atom. The lowest BCUT2D eigenvalue weighted by molar-refractivity contribution is -0.187. The van der Waals surface area contributed by atoms with Gasteiger partial charge in [0, 0.05) is 29.7 Å². The highest BCUT2D eigenvalue weighted by Crippen LogP contribution is 2.37. The Kier molecular flexibility index (Phi) is 13.7. The molecule has 1 heterocycles. The van der Waals surface area contributed by atoms with Crippen LogP contribution in [0.15, 0.2) is 66.7 Å². The van der Waals surface area contributed by atoms with Gasteiger partial charge in [-0.3, -0.25) is 9.59 Å². The van der Waals surface area contributed by atoms with Crippen molar-refractivity contribution in [1.82, 2.24) is 5.32 Å². The van der Waals surface area contributed by atoms with E-state index in [2.05, 4.69) is 5.32 Å². The number of ether oxygens (including phenoxy) is 2. The molecule has 12 nitrogen and oxygen atoms in total. The van der Waals surface area contributed by atoms with Gasteiger partial charge >= 0.3 is 11.9 Å². The normalized spacial score (nSPS) is 17.9. The molecule has 0 saturated carbocycles. The number of carbonyl (C=O) groups excluding carboxylic acids is 2. The van der Waals surface area contributed by atoms with Crippen LogP contribution in [0.25, 0.3) is 0 Å². The fourth-order valence-electron chi connectivity index (χ4n) is 5.12. The second kappa shape index (κ2) is 16.4. The predicted octanol–water partition coefficient (Wildman–Crippen LogP) is 3.43. The third-order valence-electron chi connectivity index (χ3n) is 7.87. The van der Waals surface area contributed by atoms with Gasteiger partial charge in [-0.15, -0.1) is 12.4 Å². The number of halogens is 3. The molecule has 1 aliphatic heterocycles. The summed E-state index contributed by atoms with van der Waals surface area (Å²) >= 11 is 12.0. The molecule has 0 aromatic heterocycles. The minimum absolute atomic E-state index is 0. The van der Waals surface area contributed by atoms with Crippen LogP contribution in [0, 0.1) is 0 Å². The van der Waals surface area contributed by atoms with Gasteiger partial charge in [0.15, 0.2) is 0 Å². The molecule has 1 fully saturated rings. The van der Waals surface area contributed by atoms with Crippen molar-refractivity contribution in [2.45, 2.75) is 29.5 Å². The number of nitrogens with one attached hydrogen (secondary N) is 1. The number of Topliss-reactive ketones (excluding diaryl/α,β-unsaturated/α-hetero) is 2. The maximum Gasteiger partial charge on any atom is 0.348 e. The Labute approximate surface area is 286 Å². The number of carboxylic acids is 2. The lowest BCUT2D eigenvalue weighted by Crippen LogP contribution is -2.71. The van der Waals surface area contributed by atoms with Crippen molar-refractivity contribution in [2.75, 3.05) is 33.9 Å². The second-order valence-electron chi connectivity index (χ2n) is 10.5. The van der Waals surface area contributed by atoms with E-state index in [-0.39, 0.29) is 35.9 Å². The average molecular weight is 715 g/mol. The molecule has 0 radical (unpaired) electrons. The predicted molar refractivity (Wildman–Crippen MR) is 174 cm³/mol. The molecule has 4 rings (SSSR count). The Morgan fingerprint density at radius 2 is 1.23 bits per heavy atom. The molecule has 15 heteroatoms. The Morgan fingerprint density at radius 1 is 0.787 bits per heavy atom. The number of rotatable bonds is 12. The first-order valence-electron chi connectivity index (χ1n) is 13.8. The number of carbonyl (C=O) groups is 4. The van der Waals surface area contributed by atoms with E-state index >= 15 is 0 Å². The van der Waals surface area contributed by atoms with Crippen LogP contribution in [-0.2, 0) is 15.0 Å². The molecule has 254 valence electrons. The summed E-state index contributed by atoms with van der Waals surface area (Å²) in [5.41, 5.74) is -7.83. The number of hydrogen-bond acceptors (Lipinski definition) is 10. The molecule has 0 aliphatic carbocycles. The van der Waals surface area contributed by atoms with Crippen LogP contribution in [-0.4, -0.2) is 94.2 Å². The molecule has 1 unspecified atom stereocenters. The van der Waals surface area contributed by atoms with Crippen molar-refractivity contribution in [2.24, 2.45) is 0 Å². The summed E-state index contributed by atoms with van der Waals surface area (Å²) in [5, 5.41) is 54.2. The number of aliphatic hydroxyl groups is 3. The van der Waals surface area contributed by atoms with Gasteiger partial charge in [0.1, 0.15) is 11.5 Å². The molecule has 0 bridgehead atoms. The minimum atomic E-state index is -4.04. The SMILES string of the molecule is COc1ccc(C(=O)[C@@](O)(C(=O)O)[C@](O)(C(=O)O)C(=O)c2ccc(OC)cc2)cc1.Cl.OCCC1(c2ccc(Cl)c(Cl)c2)CCNC1. The zero-order chi connectivity index (χ0) is 34.3. The summed E-state index contributed by atoms with van der Waals surface area (Å²) in [4.78, 5) is 49.4. The fraction of sp³-hybridized carbons (Fsp3) is 0.312. The van der Waals surface area contributed by atoms with Crippen molar-refractivity contribution in [3.8, 4) is 11.5 Å². The topological polar surface area (TPSA) is 200 Å². The van der Waals surface area contributed by atoms with Crippen molar-refractivity contribution >= 4 is 59.1 Å². The summed E-state index contributed by atoms with van der Waals surface area (Å²) in [6.45, 7) is 2.08. The van der Waals surface area contributed by atoms with E-state index in [1.54, 1.807) is 0 Å². The maximum atomic E-state index is 12.8. The lowest BCUT2D eigenvalue weighted by Gasteiger charge is -2.34. The number of ketones is 2. The first kappa shape index (κ1) is 39.4. The number of hydrogen-bond donors (Lipinski definition) is 6. The Bertz CT molecular complexity index is 1500. The molecule has 0 amide bonds. The molecule has 47 heavy (non-hydrogen) atoms. The first-order valence-corrected chi connectivity index (χ1v) is 14.5. The van der Waals surface area contributed by atoms with Crippen molar-refractivity contribution in [3.05, 3.63) is 93.5 Å². The number of benzene rings is 3. The summed E-state index contributed by atoms with van der Waals surface area (Å²) < 4.78 is 9.81.